The number of hydrogen-bond acceptors (Lipinski definition) is 5. The van der Waals surface area contributed by atoms with Gasteiger partial charge in [-0.2, -0.15) is 0 Å². The maximum Gasteiger partial charge on any atom is 0.255 e. The fraction of sp³-hybridized carbons (Fsp3) is 0.0938. The van der Waals surface area contributed by atoms with Crippen LogP contribution >= 0.6 is 23.1 Å². The largest absolute Gasteiger partial charge is 0.322 e. The van der Waals surface area contributed by atoms with Crippen molar-refractivity contribution < 1.29 is 9.59 Å². The van der Waals surface area contributed by atoms with E-state index >= 15 is 0 Å². The van der Waals surface area contributed by atoms with E-state index in [1.165, 1.54) is 28.7 Å². The van der Waals surface area contributed by atoms with E-state index in [0.717, 1.165) is 27.3 Å². The average Bonchev–Trinajstić information content (AvgIpc) is 3.41. The molecule has 5 nitrogen and oxygen atoms in total. The minimum absolute atomic E-state index is 0.162. The number of thioether (sulfide) groups is 1. The van der Waals surface area contributed by atoms with Crippen molar-refractivity contribution in [1.29, 1.82) is 0 Å². The summed E-state index contributed by atoms with van der Waals surface area (Å²) >= 11 is 2.83. The van der Waals surface area contributed by atoms with Crippen LogP contribution in [0.15, 0.2) is 113 Å². The summed E-state index contributed by atoms with van der Waals surface area (Å²) < 4.78 is 0. The maximum absolute atomic E-state index is 13.6. The second-order valence-electron chi connectivity index (χ2n) is 9.15. The van der Waals surface area contributed by atoms with Crippen LogP contribution in [0.25, 0.3) is 11.3 Å². The van der Waals surface area contributed by atoms with E-state index in [-0.39, 0.29) is 11.8 Å². The normalized spacial score (nSPS) is 11.5. The number of benzene rings is 4. The van der Waals surface area contributed by atoms with Gasteiger partial charge in [0.2, 0.25) is 5.91 Å². The highest BCUT2D eigenvalue weighted by atomic mass is 32.2. The highest BCUT2D eigenvalue weighted by Crippen LogP contribution is 2.37. The number of aryl methyl sites for hydroxylation is 2. The Hall–Kier alpha value is -4.20. The second kappa shape index (κ2) is 12.1. The second-order valence-corrected chi connectivity index (χ2v) is 11.2. The third-order valence-electron chi connectivity index (χ3n) is 6.05. The smallest absolute Gasteiger partial charge is 0.255 e. The lowest BCUT2D eigenvalue weighted by Gasteiger charge is -2.17. The summed E-state index contributed by atoms with van der Waals surface area (Å²) in [6, 6.07) is 32.8. The molecule has 0 bridgehead atoms. The molecule has 0 fully saturated rings. The number of thiazole rings is 1. The molecule has 2 amide bonds. The number of nitrogens with one attached hydrogen (secondary N) is 2. The first-order valence-electron chi connectivity index (χ1n) is 12.5. The molecule has 1 heterocycles. The summed E-state index contributed by atoms with van der Waals surface area (Å²) in [6.45, 7) is 4.00. The zero-order valence-corrected chi connectivity index (χ0v) is 23.2. The fourth-order valence-corrected chi connectivity index (χ4v) is 5.84. The topological polar surface area (TPSA) is 71.1 Å². The minimum atomic E-state index is -0.513. The minimum Gasteiger partial charge on any atom is -0.322 e. The number of anilines is 2. The van der Waals surface area contributed by atoms with E-state index in [1.54, 1.807) is 6.07 Å². The van der Waals surface area contributed by atoms with Gasteiger partial charge in [0.1, 0.15) is 5.25 Å². The van der Waals surface area contributed by atoms with Crippen LogP contribution in [0.3, 0.4) is 0 Å². The van der Waals surface area contributed by atoms with Crippen LogP contribution in [-0.4, -0.2) is 16.8 Å². The van der Waals surface area contributed by atoms with Crippen LogP contribution in [0.5, 0.6) is 0 Å². The van der Waals surface area contributed by atoms with Crippen LogP contribution < -0.4 is 10.6 Å². The molecule has 0 aliphatic heterocycles. The molecule has 4 aromatic carbocycles. The molecule has 5 aromatic rings. The van der Waals surface area contributed by atoms with E-state index in [0.29, 0.717) is 16.4 Å². The van der Waals surface area contributed by atoms with E-state index in [9.17, 15) is 9.59 Å². The molecule has 0 aliphatic carbocycles. The summed E-state index contributed by atoms with van der Waals surface area (Å²) in [6.07, 6.45) is 0. The third-order valence-corrected chi connectivity index (χ3v) is 8.05. The molecule has 1 unspecified atom stereocenters. The van der Waals surface area contributed by atoms with Crippen molar-refractivity contribution in [3.63, 3.8) is 0 Å². The van der Waals surface area contributed by atoms with Gasteiger partial charge in [-0.15, -0.1) is 23.1 Å². The summed E-state index contributed by atoms with van der Waals surface area (Å²) in [5.41, 5.74) is 6.19. The zero-order chi connectivity index (χ0) is 27.2. The molecular formula is C32H27N3O2S2. The Morgan fingerprint density at radius 3 is 2.33 bits per heavy atom. The van der Waals surface area contributed by atoms with Crippen LogP contribution in [-0.2, 0) is 4.79 Å². The Morgan fingerprint density at radius 2 is 1.56 bits per heavy atom. The maximum atomic E-state index is 13.6. The molecule has 0 saturated heterocycles. The molecule has 0 saturated carbocycles. The third kappa shape index (κ3) is 6.82. The van der Waals surface area contributed by atoms with Crippen molar-refractivity contribution in [2.45, 2.75) is 24.0 Å². The highest BCUT2D eigenvalue weighted by Gasteiger charge is 2.23. The number of hydrogen-bond donors (Lipinski definition) is 2. The summed E-state index contributed by atoms with van der Waals surface area (Å²) in [5.74, 6) is -0.337. The summed E-state index contributed by atoms with van der Waals surface area (Å²) in [5, 5.41) is 7.97. The van der Waals surface area contributed by atoms with Gasteiger partial charge in [-0.3, -0.25) is 9.59 Å². The SMILES string of the molecule is Cc1ccc(-c2csc(NC(=O)C(Sc3cccc(NC(=O)c4cccc(C)c4)c3)c3ccccc3)n2)cc1. The van der Waals surface area contributed by atoms with Gasteiger partial charge in [-0.05, 0) is 49.7 Å². The van der Waals surface area contributed by atoms with Gasteiger partial charge < -0.3 is 10.6 Å². The van der Waals surface area contributed by atoms with Crippen LogP contribution in [0.4, 0.5) is 10.8 Å². The Labute approximate surface area is 236 Å². The van der Waals surface area contributed by atoms with Crippen molar-refractivity contribution in [3.05, 3.63) is 131 Å². The molecule has 1 aromatic heterocycles. The molecule has 2 N–H and O–H groups in total. The lowest BCUT2D eigenvalue weighted by molar-refractivity contribution is -0.115. The lowest BCUT2D eigenvalue weighted by atomic mass is 10.1. The Kier molecular flexibility index (Phi) is 8.20. The Bertz CT molecular complexity index is 1600. The number of aromatic nitrogens is 1. The molecular weight excluding hydrogens is 523 g/mol. The van der Waals surface area contributed by atoms with Gasteiger partial charge in [0.25, 0.3) is 5.91 Å². The molecule has 0 radical (unpaired) electrons. The monoisotopic (exact) mass is 549 g/mol. The van der Waals surface area contributed by atoms with Crippen molar-refractivity contribution in [2.75, 3.05) is 10.6 Å². The molecule has 194 valence electrons. The number of carbonyl (C=O) groups excluding carboxylic acids is 2. The van der Waals surface area contributed by atoms with Crippen LogP contribution in [0, 0.1) is 13.8 Å². The standard InChI is InChI=1S/C32H27N3O2S2/c1-21-14-16-23(17-15-21)28-20-38-32(34-28)35-31(37)29(24-9-4-3-5-10-24)39-27-13-7-12-26(19-27)33-30(36)25-11-6-8-22(2)18-25/h3-20,29H,1-2H3,(H,33,36)(H,34,35,37). The summed E-state index contributed by atoms with van der Waals surface area (Å²) in [4.78, 5) is 31.8. The van der Waals surface area contributed by atoms with Crippen molar-refractivity contribution in [2.24, 2.45) is 0 Å². The highest BCUT2D eigenvalue weighted by molar-refractivity contribution is 8.00. The quantitative estimate of drug-likeness (QED) is 0.192. The first kappa shape index (κ1) is 26.4. The Morgan fingerprint density at radius 1 is 0.795 bits per heavy atom. The van der Waals surface area contributed by atoms with Gasteiger partial charge in [0, 0.05) is 27.1 Å². The van der Waals surface area contributed by atoms with Crippen LogP contribution in [0.1, 0.15) is 32.3 Å². The van der Waals surface area contributed by atoms with E-state index in [2.05, 4.69) is 15.6 Å². The predicted octanol–water partition coefficient (Wildman–Crippen LogP) is 8.15. The lowest BCUT2D eigenvalue weighted by Crippen LogP contribution is -2.19. The van der Waals surface area contributed by atoms with Gasteiger partial charge in [0.05, 0.1) is 5.69 Å². The van der Waals surface area contributed by atoms with Crippen molar-refractivity contribution >= 4 is 45.7 Å². The number of carbonyl (C=O) groups is 2. The molecule has 7 heteroatoms. The molecule has 39 heavy (non-hydrogen) atoms. The molecule has 0 aliphatic rings. The number of amides is 2. The molecule has 1 atom stereocenters. The first-order chi connectivity index (χ1) is 18.9. The van der Waals surface area contributed by atoms with Gasteiger partial charge in [0.15, 0.2) is 5.13 Å². The van der Waals surface area contributed by atoms with Crippen molar-refractivity contribution in [1.82, 2.24) is 4.98 Å². The molecule has 0 spiro atoms. The number of nitrogens with zero attached hydrogens (tertiary/aromatic N) is 1. The van der Waals surface area contributed by atoms with Gasteiger partial charge in [-0.1, -0.05) is 83.9 Å². The van der Waals surface area contributed by atoms with E-state index in [4.69, 9.17) is 0 Å². The zero-order valence-electron chi connectivity index (χ0n) is 21.5. The predicted molar refractivity (Wildman–Crippen MR) is 162 cm³/mol. The first-order valence-corrected chi connectivity index (χ1v) is 14.2. The van der Waals surface area contributed by atoms with Gasteiger partial charge >= 0.3 is 0 Å². The van der Waals surface area contributed by atoms with E-state index < -0.39 is 5.25 Å². The average molecular weight is 550 g/mol. The Balaban J connectivity index is 1.33. The van der Waals surface area contributed by atoms with Crippen LogP contribution in [0.2, 0.25) is 0 Å². The number of rotatable bonds is 8. The summed E-state index contributed by atoms with van der Waals surface area (Å²) in [7, 11) is 0. The molecule has 5 rings (SSSR count). The van der Waals surface area contributed by atoms with E-state index in [1.807, 2.05) is 116 Å². The van der Waals surface area contributed by atoms with Gasteiger partial charge in [-0.25, -0.2) is 4.98 Å². The fourth-order valence-electron chi connectivity index (χ4n) is 4.03. The van der Waals surface area contributed by atoms with Crippen molar-refractivity contribution in [3.8, 4) is 11.3 Å².